The highest BCUT2D eigenvalue weighted by Crippen LogP contribution is 2.06. The van der Waals surface area contributed by atoms with E-state index >= 15 is 0 Å². The normalized spacial score (nSPS) is 18.9. The molecule has 0 aromatic rings. The smallest absolute Gasteiger partial charge is 0.305 e. The Labute approximate surface area is 113 Å². The number of aliphatic carboxylic acids is 1. The number of ether oxygens (including phenoxy) is 1. The first kappa shape index (κ1) is 15.9. The van der Waals surface area contributed by atoms with E-state index in [9.17, 15) is 9.59 Å². The highest BCUT2D eigenvalue weighted by molar-refractivity contribution is 5.86. The molecule has 0 radical (unpaired) electrons. The van der Waals surface area contributed by atoms with Crippen molar-refractivity contribution >= 4 is 11.9 Å². The van der Waals surface area contributed by atoms with E-state index in [0.29, 0.717) is 19.7 Å². The Morgan fingerprint density at radius 1 is 1.32 bits per heavy atom. The summed E-state index contributed by atoms with van der Waals surface area (Å²) in [6.07, 6.45) is 0.554. The number of nitrogens with zero attached hydrogens (tertiary/aromatic N) is 2. The largest absolute Gasteiger partial charge is 0.481 e. The van der Waals surface area contributed by atoms with E-state index < -0.39 is 12.0 Å². The van der Waals surface area contributed by atoms with Gasteiger partial charge in [0.15, 0.2) is 0 Å². The van der Waals surface area contributed by atoms with Crippen molar-refractivity contribution in [2.24, 2.45) is 5.73 Å². The van der Waals surface area contributed by atoms with Crippen LogP contribution in [0.3, 0.4) is 0 Å². The lowest BCUT2D eigenvalue weighted by Crippen LogP contribution is -2.46. The van der Waals surface area contributed by atoms with E-state index in [0.717, 1.165) is 26.1 Å². The molecule has 1 heterocycles. The van der Waals surface area contributed by atoms with Gasteiger partial charge in [-0.3, -0.25) is 14.5 Å². The monoisotopic (exact) mass is 273 g/mol. The average molecular weight is 273 g/mol. The highest BCUT2D eigenvalue weighted by atomic mass is 16.5. The summed E-state index contributed by atoms with van der Waals surface area (Å²) in [6, 6.07) is -0.942. The molecular formula is C12H23N3O4. The van der Waals surface area contributed by atoms with Gasteiger partial charge in [0.2, 0.25) is 5.91 Å². The van der Waals surface area contributed by atoms with Crippen molar-refractivity contribution in [3.8, 4) is 0 Å². The fraction of sp³-hybridized carbons (Fsp3) is 0.833. The van der Waals surface area contributed by atoms with Gasteiger partial charge < -0.3 is 20.5 Å². The maximum atomic E-state index is 12.0. The van der Waals surface area contributed by atoms with Crippen LogP contribution in [0.2, 0.25) is 0 Å². The van der Waals surface area contributed by atoms with Crippen LogP contribution in [0.25, 0.3) is 0 Å². The van der Waals surface area contributed by atoms with Crippen LogP contribution in [-0.4, -0.2) is 79.3 Å². The summed E-state index contributed by atoms with van der Waals surface area (Å²) in [7, 11) is 1.67. The molecule has 0 aliphatic carbocycles. The fourth-order valence-corrected chi connectivity index (χ4v) is 2.15. The summed E-state index contributed by atoms with van der Waals surface area (Å²) < 4.78 is 5.03. The number of methoxy groups -OCH3 is 1. The zero-order valence-corrected chi connectivity index (χ0v) is 11.4. The molecule has 1 unspecified atom stereocenters. The quantitative estimate of drug-likeness (QED) is 0.642. The molecule has 0 aromatic carbocycles. The lowest BCUT2D eigenvalue weighted by Gasteiger charge is -2.24. The fourth-order valence-electron chi connectivity index (χ4n) is 2.15. The molecule has 0 saturated carbocycles. The molecule has 110 valence electrons. The Kier molecular flexibility index (Phi) is 6.75. The number of rotatable bonds is 6. The van der Waals surface area contributed by atoms with Crippen molar-refractivity contribution in [1.82, 2.24) is 9.80 Å². The first-order valence-electron chi connectivity index (χ1n) is 6.52. The summed E-state index contributed by atoms with van der Waals surface area (Å²) in [4.78, 5) is 26.5. The number of amides is 1. The number of hydrogen-bond donors (Lipinski definition) is 2. The van der Waals surface area contributed by atoms with Crippen LogP contribution >= 0.6 is 0 Å². The maximum Gasteiger partial charge on any atom is 0.305 e. The molecule has 0 bridgehead atoms. The first-order chi connectivity index (χ1) is 9.04. The van der Waals surface area contributed by atoms with E-state index in [1.165, 1.54) is 0 Å². The molecule has 1 atom stereocenters. The van der Waals surface area contributed by atoms with Crippen LogP contribution in [-0.2, 0) is 14.3 Å². The predicted octanol–water partition coefficient (Wildman–Crippen LogP) is -1.03. The van der Waals surface area contributed by atoms with E-state index in [-0.39, 0.29) is 12.3 Å². The van der Waals surface area contributed by atoms with Gasteiger partial charge in [0.1, 0.15) is 0 Å². The van der Waals surface area contributed by atoms with Crippen molar-refractivity contribution in [3.63, 3.8) is 0 Å². The molecule has 3 N–H and O–H groups in total. The number of carbonyl (C=O) groups excluding carboxylic acids is 1. The molecule has 7 heteroatoms. The Bertz CT molecular complexity index is 311. The average Bonchev–Trinajstić information content (AvgIpc) is 2.60. The summed E-state index contributed by atoms with van der Waals surface area (Å²) >= 11 is 0. The SMILES string of the molecule is COCCN1CCCN(C(=O)C(N)CC(=O)O)CC1. The van der Waals surface area contributed by atoms with Gasteiger partial charge in [-0.2, -0.15) is 0 Å². The third-order valence-corrected chi connectivity index (χ3v) is 3.22. The molecular weight excluding hydrogens is 250 g/mol. The second-order valence-electron chi connectivity index (χ2n) is 4.72. The van der Waals surface area contributed by atoms with E-state index in [2.05, 4.69) is 4.90 Å². The number of carboxylic acids is 1. The van der Waals surface area contributed by atoms with Crippen LogP contribution in [0.1, 0.15) is 12.8 Å². The van der Waals surface area contributed by atoms with Crippen LogP contribution in [0, 0.1) is 0 Å². The second kappa shape index (κ2) is 8.08. The maximum absolute atomic E-state index is 12.0. The molecule has 1 aliphatic heterocycles. The molecule has 19 heavy (non-hydrogen) atoms. The minimum atomic E-state index is -1.04. The van der Waals surface area contributed by atoms with Gasteiger partial charge in [-0.15, -0.1) is 0 Å². The zero-order valence-electron chi connectivity index (χ0n) is 11.4. The summed E-state index contributed by atoms with van der Waals surface area (Å²) in [5.74, 6) is -1.31. The standard InChI is InChI=1S/C12H23N3O4/c1-19-8-7-14-3-2-4-15(6-5-14)12(18)10(13)9-11(16)17/h10H,2-9,13H2,1H3,(H,16,17). The molecule has 0 aromatic heterocycles. The lowest BCUT2D eigenvalue weighted by molar-refractivity contribution is -0.141. The van der Waals surface area contributed by atoms with E-state index in [1.54, 1.807) is 12.0 Å². The minimum absolute atomic E-state index is 0.268. The molecule has 1 saturated heterocycles. The Balaban J connectivity index is 2.43. The summed E-state index contributed by atoms with van der Waals surface area (Å²) in [5.41, 5.74) is 5.61. The Morgan fingerprint density at radius 3 is 2.68 bits per heavy atom. The first-order valence-corrected chi connectivity index (χ1v) is 6.52. The van der Waals surface area contributed by atoms with Gasteiger partial charge in [0, 0.05) is 33.3 Å². The van der Waals surface area contributed by atoms with Crippen LogP contribution < -0.4 is 5.73 Å². The third-order valence-electron chi connectivity index (χ3n) is 3.22. The number of hydrogen-bond acceptors (Lipinski definition) is 5. The second-order valence-corrected chi connectivity index (χ2v) is 4.72. The van der Waals surface area contributed by atoms with E-state index in [4.69, 9.17) is 15.6 Å². The molecule has 0 spiro atoms. The highest BCUT2D eigenvalue weighted by Gasteiger charge is 2.25. The van der Waals surface area contributed by atoms with Crippen LogP contribution in [0.4, 0.5) is 0 Å². The van der Waals surface area contributed by atoms with Gasteiger partial charge in [-0.1, -0.05) is 0 Å². The third kappa shape index (κ3) is 5.54. The predicted molar refractivity (Wildman–Crippen MR) is 69.7 cm³/mol. The van der Waals surface area contributed by atoms with Crippen LogP contribution in [0.5, 0.6) is 0 Å². The Hall–Kier alpha value is -1.18. The van der Waals surface area contributed by atoms with Crippen molar-refractivity contribution < 1.29 is 19.4 Å². The van der Waals surface area contributed by atoms with Crippen molar-refractivity contribution in [2.45, 2.75) is 18.9 Å². The lowest BCUT2D eigenvalue weighted by atomic mass is 10.2. The topological polar surface area (TPSA) is 96.1 Å². The molecule has 1 fully saturated rings. The van der Waals surface area contributed by atoms with Crippen molar-refractivity contribution in [2.75, 3.05) is 46.4 Å². The minimum Gasteiger partial charge on any atom is -0.481 e. The van der Waals surface area contributed by atoms with Crippen LogP contribution in [0.15, 0.2) is 0 Å². The molecule has 7 nitrogen and oxygen atoms in total. The zero-order chi connectivity index (χ0) is 14.3. The molecule has 1 aliphatic rings. The van der Waals surface area contributed by atoms with Gasteiger partial charge in [0.25, 0.3) is 0 Å². The number of nitrogens with two attached hydrogens (primary N) is 1. The van der Waals surface area contributed by atoms with Gasteiger partial charge in [-0.05, 0) is 13.0 Å². The molecule has 1 amide bonds. The van der Waals surface area contributed by atoms with Gasteiger partial charge in [-0.25, -0.2) is 0 Å². The number of carbonyl (C=O) groups is 2. The van der Waals surface area contributed by atoms with Gasteiger partial charge >= 0.3 is 5.97 Å². The Morgan fingerprint density at radius 2 is 2.05 bits per heavy atom. The van der Waals surface area contributed by atoms with Gasteiger partial charge in [0.05, 0.1) is 19.1 Å². The van der Waals surface area contributed by atoms with E-state index in [1.807, 2.05) is 0 Å². The summed E-state index contributed by atoms with van der Waals surface area (Å²) in [5, 5.41) is 8.65. The molecule has 1 rings (SSSR count). The van der Waals surface area contributed by atoms with Crippen molar-refractivity contribution in [3.05, 3.63) is 0 Å². The number of carboxylic acid groups (broad SMARTS) is 1. The van der Waals surface area contributed by atoms with Crippen molar-refractivity contribution in [1.29, 1.82) is 0 Å². The summed E-state index contributed by atoms with van der Waals surface area (Å²) in [6.45, 7) is 4.44.